The van der Waals surface area contributed by atoms with Crippen LogP contribution in [0.2, 0.25) is 0 Å². The molecule has 1 heterocycles. The predicted molar refractivity (Wildman–Crippen MR) is 95.0 cm³/mol. The Balaban J connectivity index is 1.93. The van der Waals surface area contributed by atoms with Gasteiger partial charge in [-0.2, -0.15) is 13.2 Å². The van der Waals surface area contributed by atoms with Gasteiger partial charge in [-0.05, 0) is 35.9 Å². The Morgan fingerprint density at radius 1 is 0.962 bits per heavy atom. The van der Waals surface area contributed by atoms with Gasteiger partial charge in [0.25, 0.3) is 0 Å². The molecule has 0 saturated carbocycles. The zero-order valence-corrected chi connectivity index (χ0v) is 14.6. The van der Waals surface area contributed by atoms with Crippen molar-refractivity contribution in [2.24, 2.45) is 0 Å². The number of rotatable bonds is 5. The lowest BCUT2D eigenvalue weighted by Crippen LogP contribution is -2.10. The molecular formula is C19H15F3N2OS. The van der Waals surface area contributed by atoms with Crippen LogP contribution in [0.3, 0.4) is 0 Å². The molecule has 0 aliphatic carbocycles. The Labute approximate surface area is 153 Å². The fourth-order valence-corrected chi connectivity index (χ4v) is 3.08. The highest BCUT2D eigenvalue weighted by Crippen LogP contribution is 2.33. The summed E-state index contributed by atoms with van der Waals surface area (Å²) in [6.45, 7) is 0. The van der Waals surface area contributed by atoms with Gasteiger partial charge in [-0.1, -0.05) is 42.1 Å². The molecule has 3 aromatic rings. The second kappa shape index (κ2) is 7.78. The summed E-state index contributed by atoms with van der Waals surface area (Å²) in [5, 5.41) is 0.0921. The Morgan fingerprint density at radius 3 is 2.27 bits per heavy atom. The van der Waals surface area contributed by atoms with Crippen molar-refractivity contribution in [2.45, 2.75) is 17.1 Å². The second-order valence-electron chi connectivity index (χ2n) is 5.42. The van der Waals surface area contributed by atoms with Crippen LogP contribution in [0.25, 0.3) is 11.3 Å². The van der Waals surface area contributed by atoms with Gasteiger partial charge < -0.3 is 4.74 Å². The van der Waals surface area contributed by atoms with Gasteiger partial charge in [-0.3, -0.25) is 0 Å². The first-order valence-electron chi connectivity index (χ1n) is 7.73. The topological polar surface area (TPSA) is 35.0 Å². The molecular weight excluding hydrogens is 361 g/mol. The maximum Gasteiger partial charge on any atom is 0.433 e. The summed E-state index contributed by atoms with van der Waals surface area (Å²) in [5.74, 6) is 1.11. The van der Waals surface area contributed by atoms with Crippen molar-refractivity contribution in [1.82, 2.24) is 9.97 Å². The number of alkyl halides is 3. The fourth-order valence-electron chi connectivity index (χ4n) is 2.27. The van der Waals surface area contributed by atoms with E-state index in [0.717, 1.165) is 11.6 Å². The van der Waals surface area contributed by atoms with E-state index in [9.17, 15) is 13.2 Å². The van der Waals surface area contributed by atoms with E-state index in [1.54, 1.807) is 24.3 Å². The van der Waals surface area contributed by atoms with Crippen LogP contribution >= 0.6 is 11.8 Å². The highest BCUT2D eigenvalue weighted by Gasteiger charge is 2.33. The second-order valence-corrected chi connectivity index (χ2v) is 6.36. The van der Waals surface area contributed by atoms with Crippen molar-refractivity contribution in [3.8, 4) is 17.0 Å². The van der Waals surface area contributed by atoms with Crippen LogP contribution in [0, 0.1) is 0 Å². The molecule has 0 N–H and O–H groups in total. The lowest BCUT2D eigenvalue weighted by atomic mass is 10.1. The first-order valence-corrected chi connectivity index (χ1v) is 8.72. The van der Waals surface area contributed by atoms with Gasteiger partial charge in [-0.25, -0.2) is 9.97 Å². The van der Waals surface area contributed by atoms with E-state index >= 15 is 0 Å². The van der Waals surface area contributed by atoms with Gasteiger partial charge in [0.1, 0.15) is 11.4 Å². The van der Waals surface area contributed by atoms with Gasteiger partial charge in [0.05, 0.1) is 12.8 Å². The number of thioether (sulfide) groups is 1. The molecule has 0 spiro atoms. The minimum Gasteiger partial charge on any atom is -0.497 e. The number of hydrogen-bond donors (Lipinski definition) is 0. The number of nitrogens with zero attached hydrogens (tertiary/aromatic N) is 2. The lowest BCUT2D eigenvalue weighted by molar-refractivity contribution is -0.141. The summed E-state index contributed by atoms with van der Waals surface area (Å²) in [6, 6.07) is 17.1. The number of benzene rings is 2. The van der Waals surface area contributed by atoms with Crippen LogP contribution in [0.1, 0.15) is 11.3 Å². The molecule has 7 heteroatoms. The smallest absolute Gasteiger partial charge is 0.433 e. The van der Waals surface area contributed by atoms with Gasteiger partial charge >= 0.3 is 6.18 Å². The first kappa shape index (κ1) is 18.3. The monoisotopic (exact) mass is 376 g/mol. The molecule has 0 bridgehead atoms. The van der Waals surface area contributed by atoms with E-state index in [-0.39, 0.29) is 10.9 Å². The molecule has 0 unspecified atom stereocenters. The van der Waals surface area contributed by atoms with Crippen LogP contribution in [0.4, 0.5) is 13.2 Å². The molecule has 0 saturated heterocycles. The zero-order chi connectivity index (χ0) is 18.6. The summed E-state index contributed by atoms with van der Waals surface area (Å²) in [6.07, 6.45) is -4.54. The highest BCUT2D eigenvalue weighted by atomic mass is 32.2. The SMILES string of the molecule is COc1ccc(-c2cc(C(F)(F)F)nc(SCc3ccccc3)n2)cc1. The Morgan fingerprint density at radius 2 is 1.65 bits per heavy atom. The van der Waals surface area contributed by atoms with Crippen LogP contribution in [0.15, 0.2) is 65.8 Å². The third-order valence-electron chi connectivity index (χ3n) is 3.59. The van der Waals surface area contributed by atoms with E-state index < -0.39 is 11.9 Å². The fraction of sp³-hybridized carbons (Fsp3) is 0.158. The standard InChI is InChI=1S/C19H15F3N2OS/c1-25-15-9-7-14(8-10-15)16-11-17(19(20,21)22)24-18(23-16)26-12-13-5-3-2-4-6-13/h2-11H,12H2,1H3. The van der Waals surface area contributed by atoms with E-state index in [1.165, 1.54) is 18.9 Å². The highest BCUT2D eigenvalue weighted by molar-refractivity contribution is 7.98. The van der Waals surface area contributed by atoms with Crippen LogP contribution in [0.5, 0.6) is 5.75 Å². The molecule has 3 rings (SSSR count). The van der Waals surface area contributed by atoms with Crippen molar-refractivity contribution in [2.75, 3.05) is 7.11 Å². The summed E-state index contributed by atoms with van der Waals surface area (Å²) >= 11 is 1.17. The predicted octanol–water partition coefficient (Wildman–Crippen LogP) is 5.46. The molecule has 26 heavy (non-hydrogen) atoms. The van der Waals surface area contributed by atoms with Crippen molar-refractivity contribution in [3.63, 3.8) is 0 Å². The molecule has 2 aromatic carbocycles. The quantitative estimate of drug-likeness (QED) is 0.437. The summed E-state index contributed by atoms with van der Waals surface area (Å²) in [4.78, 5) is 7.98. The van der Waals surface area contributed by atoms with Gasteiger partial charge in [0, 0.05) is 11.3 Å². The first-order chi connectivity index (χ1) is 12.5. The third kappa shape index (κ3) is 4.54. The molecule has 0 atom stereocenters. The zero-order valence-electron chi connectivity index (χ0n) is 13.8. The minimum absolute atomic E-state index is 0.0921. The van der Waals surface area contributed by atoms with E-state index in [4.69, 9.17) is 4.74 Å². The molecule has 0 aliphatic rings. The summed E-state index contributed by atoms with van der Waals surface area (Å²) in [5.41, 5.74) is 0.837. The van der Waals surface area contributed by atoms with Crippen molar-refractivity contribution >= 4 is 11.8 Å². The maximum absolute atomic E-state index is 13.2. The number of ether oxygens (including phenoxy) is 1. The normalized spacial score (nSPS) is 11.4. The van der Waals surface area contributed by atoms with Crippen LogP contribution in [-0.2, 0) is 11.9 Å². The molecule has 1 aromatic heterocycles. The molecule has 0 radical (unpaired) electrons. The summed E-state index contributed by atoms with van der Waals surface area (Å²) in [7, 11) is 1.53. The largest absolute Gasteiger partial charge is 0.497 e. The van der Waals surface area contributed by atoms with E-state index in [0.29, 0.717) is 17.1 Å². The average Bonchev–Trinajstić information content (AvgIpc) is 2.66. The Kier molecular flexibility index (Phi) is 5.46. The minimum atomic E-state index is -4.54. The average molecular weight is 376 g/mol. The van der Waals surface area contributed by atoms with Gasteiger partial charge in [0.15, 0.2) is 5.16 Å². The molecule has 3 nitrogen and oxygen atoms in total. The van der Waals surface area contributed by atoms with Crippen molar-refractivity contribution in [3.05, 3.63) is 71.9 Å². The molecule has 0 amide bonds. The van der Waals surface area contributed by atoms with Crippen molar-refractivity contribution < 1.29 is 17.9 Å². The van der Waals surface area contributed by atoms with Crippen molar-refractivity contribution in [1.29, 1.82) is 0 Å². The number of methoxy groups -OCH3 is 1. The number of halogens is 3. The van der Waals surface area contributed by atoms with Gasteiger partial charge in [-0.15, -0.1) is 0 Å². The van der Waals surface area contributed by atoms with E-state index in [2.05, 4.69) is 9.97 Å². The van der Waals surface area contributed by atoms with Crippen LogP contribution in [-0.4, -0.2) is 17.1 Å². The Bertz CT molecular complexity index is 868. The number of hydrogen-bond acceptors (Lipinski definition) is 4. The third-order valence-corrected chi connectivity index (χ3v) is 4.51. The maximum atomic E-state index is 13.2. The van der Waals surface area contributed by atoms with Crippen LogP contribution < -0.4 is 4.74 Å². The summed E-state index contributed by atoms with van der Waals surface area (Å²) < 4.78 is 44.8. The number of aromatic nitrogens is 2. The van der Waals surface area contributed by atoms with E-state index in [1.807, 2.05) is 30.3 Å². The molecule has 0 fully saturated rings. The molecule has 134 valence electrons. The Hall–Kier alpha value is -2.54. The van der Waals surface area contributed by atoms with Gasteiger partial charge in [0.2, 0.25) is 0 Å². The molecule has 0 aliphatic heterocycles. The lowest BCUT2D eigenvalue weighted by Gasteiger charge is -2.11.